The van der Waals surface area contributed by atoms with Gasteiger partial charge in [-0.25, -0.2) is 0 Å². The Hall–Kier alpha value is -1.16. The Bertz CT molecular complexity index is 736. The maximum Gasteiger partial charge on any atom is 0.0567 e. The molecule has 3 rings (SSSR count). The lowest BCUT2D eigenvalue weighted by Gasteiger charge is -2.33. The lowest BCUT2D eigenvalue weighted by atomic mass is 10.2. The molecule has 2 aromatic carbocycles. The summed E-state index contributed by atoms with van der Waals surface area (Å²) in [6.07, 6.45) is 0.750. The van der Waals surface area contributed by atoms with Crippen LogP contribution < -0.4 is 4.90 Å². The highest BCUT2D eigenvalue weighted by atomic mass is 35.5. The molecule has 0 aliphatic carbocycles. The Morgan fingerprint density at radius 2 is 2.00 bits per heavy atom. The lowest BCUT2D eigenvalue weighted by Crippen LogP contribution is -2.25. The summed E-state index contributed by atoms with van der Waals surface area (Å²) in [6.45, 7) is -0.791. The second kappa shape index (κ2) is 6.30. The van der Waals surface area contributed by atoms with E-state index in [1.54, 1.807) is 18.8 Å². The highest BCUT2D eigenvalue weighted by Crippen LogP contribution is 2.48. The van der Waals surface area contributed by atoms with Gasteiger partial charge in [0.1, 0.15) is 0 Å². The highest BCUT2D eigenvalue weighted by Gasteiger charge is 2.22. The third-order valence-corrected chi connectivity index (χ3v) is 4.83. The van der Waals surface area contributed by atoms with Crippen LogP contribution in [-0.2, 0) is 0 Å². The second-order valence-corrected chi connectivity index (χ2v) is 6.63. The summed E-state index contributed by atoms with van der Waals surface area (Å²) in [7, 11) is 1.64. The monoisotopic (exact) mass is 321 g/mol. The van der Waals surface area contributed by atoms with Gasteiger partial charge in [0.15, 0.2) is 0 Å². The van der Waals surface area contributed by atoms with E-state index in [0.717, 1.165) is 24.3 Å². The van der Waals surface area contributed by atoms with Gasteiger partial charge in [-0.05, 0) is 57.3 Å². The molecule has 21 heavy (non-hydrogen) atoms. The average molecular weight is 322 g/mol. The minimum absolute atomic E-state index is 0.512. The molecule has 0 aromatic heterocycles. The number of hydrogen-bond acceptors (Lipinski definition) is 3. The van der Waals surface area contributed by atoms with E-state index >= 15 is 0 Å². The zero-order valence-corrected chi connectivity index (χ0v) is 13.4. The maximum atomic E-state index is 7.45. The van der Waals surface area contributed by atoms with Crippen LogP contribution in [0.3, 0.4) is 0 Å². The van der Waals surface area contributed by atoms with Crippen LogP contribution in [0.25, 0.3) is 0 Å². The SMILES string of the molecule is [2H]C([2H])([2H])N(C)CCCN1c2ccccc2Sc2ccc(Cl)cc21. The lowest BCUT2D eigenvalue weighted by molar-refractivity contribution is 0.402. The molecule has 1 heterocycles. The molecule has 0 unspecified atom stereocenters. The summed E-state index contributed by atoms with van der Waals surface area (Å²) in [6, 6.07) is 14.2. The number of fused-ring (bicyclic) bond motifs is 2. The molecule has 2 nitrogen and oxygen atoms in total. The van der Waals surface area contributed by atoms with Gasteiger partial charge in [-0.2, -0.15) is 0 Å². The topological polar surface area (TPSA) is 6.48 Å². The quantitative estimate of drug-likeness (QED) is 0.791. The van der Waals surface area contributed by atoms with E-state index in [1.807, 2.05) is 30.3 Å². The third kappa shape index (κ3) is 3.20. The standard InChI is InChI=1S/C17H19ClN2S/c1-19(2)10-5-11-20-14-6-3-4-7-16(14)21-17-9-8-13(18)12-15(17)20/h3-4,6-9,12H,5,10-11H2,1-2H3/i1D3. The molecular weight excluding hydrogens is 300 g/mol. The Morgan fingerprint density at radius 3 is 2.86 bits per heavy atom. The molecule has 0 radical (unpaired) electrons. The first-order valence-corrected chi connectivity index (χ1v) is 8.11. The van der Waals surface area contributed by atoms with Crippen LogP contribution in [0.2, 0.25) is 5.02 Å². The largest absolute Gasteiger partial charge is 0.340 e. The van der Waals surface area contributed by atoms with E-state index in [-0.39, 0.29) is 0 Å². The predicted molar refractivity (Wildman–Crippen MR) is 92.2 cm³/mol. The first-order valence-electron chi connectivity index (χ1n) is 8.41. The second-order valence-electron chi connectivity index (χ2n) is 5.11. The van der Waals surface area contributed by atoms with E-state index < -0.39 is 6.98 Å². The number of anilines is 2. The van der Waals surface area contributed by atoms with Gasteiger partial charge in [-0.15, -0.1) is 0 Å². The van der Waals surface area contributed by atoms with Crippen molar-refractivity contribution in [3.63, 3.8) is 0 Å². The molecule has 0 fully saturated rings. The summed E-state index contributed by atoms with van der Waals surface area (Å²) in [5, 5.41) is 0.707. The van der Waals surface area contributed by atoms with Gasteiger partial charge in [0, 0.05) is 25.5 Å². The number of para-hydroxylation sites is 1. The fraction of sp³-hybridized carbons (Fsp3) is 0.294. The molecule has 0 saturated heterocycles. The van der Waals surface area contributed by atoms with Gasteiger partial charge in [-0.3, -0.25) is 0 Å². The van der Waals surface area contributed by atoms with Crippen LogP contribution in [0, 0.1) is 0 Å². The predicted octanol–water partition coefficient (Wildman–Crippen LogP) is 4.89. The summed E-state index contributed by atoms with van der Waals surface area (Å²) in [4.78, 5) is 6.02. The molecule has 2 aromatic rings. The van der Waals surface area contributed by atoms with Crippen molar-refractivity contribution in [2.45, 2.75) is 16.2 Å². The van der Waals surface area contributed by atoms with Gasteiger partial charge in [-0.1, -0.05) is 35.5 Å². The molecular formula is C17H19ClN2S. The summed E-state index contributed by atoms with van der Waals surface area (Å²) in [5.41, 5.74) is 2.23. The van der Waals surface area contributed by atoms with E-state index in [0.29, 0.717) is 11.6 Å². The van der Waals surface area contributed by atoms with Crippen LogP contribution in [-0.4, -0.2) is 32.0 Å². The van der Waals surface area contributed by atoms with Gasteiger partial charge in [0.25, 0.3) is 0 Å². The van der Waals surface area contributed by atoms with Crippen molar-refractivity contribution >= 4 is 34.7 Å². The number of rotatable bonds is 4. The van der Waals surface area contributed by atoms with Gasteiger partial charge >= 0.3 is 0 Å². The number of hydrogen-bond donors (Lipinski definition) is 0. The number of halogens is 1. The van der Waals surface area contributed by atoms with Crippen molar-refractivity contribution in [3.05, 3.63) is 47.5 Å². The maximum absolute atomic E-state index is 7.45. The number of nitrogens with zero attached hydrogens (tertiary/aromatic N) is 2. The van der Waals surface area contributed by atoms with Crippen LogP contribution in [0.4, 0.5) is 11.4 Å². The molecule has 0 bridgehead atoms. The molecule has 110 valence electrons. The molecule has 1 aliphatic heterocycles. The molecule has 1 aliphatic rings. The number of benzene rings is 2. The molecule has 0 amide bonds. The Labute approximate surface area is 139 Å². The van der Waals surface area contributed by atoms with Gasteiger partial charge in [0.05, 0.1) is 11.4 Å². The first-order chi connectivity index (χ1) is 11.4. The van der Waals surface area contributed by atoms with Crippen LogP contribution >= 0.6 is 23.4 Å². The van der Waals surface area contributed by atoms with Gasteiger partial charge < -0.3 is 9.80 Å². The van der Waals surface area contributed by atoms with Crippen molar-refractivity contribution in [2.24, 2.45) is 0 Å². The smallest absolute Gasteiger partial charge is 0.0567 e. The first kappa shape index (κ1) is 11.4. The van der Waals surface area contributed by atoms with Crippen molar-refractivity contribution in [1.29, 1.82) is 0 Å². The Balaban J connectivity index is 1.83. The van der Waals surface area contributed by atoms with E-state index in [1.165, 1.54) is 14.7 Å². The minimum atomic E-state index is -2.04. The van der Waals surface area contributed by atoms with Crippen molar-refractivity contribution < 1.29 is 4.11 Å². The molecule has 0 spiro atoms. The highest BCUT2D eigenvalue weighted by molar-refractivity contribution is 7.99. The molecule has 4 heteroatoms. The Morgan fingerprint density at radius 1 is 1.19 bits per heavy atom. The average Bonchev–Trinajstić information content (AvgIpc) is 2.53. The van der Waals surface area contributed by atoms with E-state index in [4.69, 9.17) is 15.7 Å². The van der Waals surface area contributed by atoms with E-state index in [2.05, 4.69) is 17.0 Å². The minimum Gasteiger partial charge on any atom is -0.340 e. The van der Waals surface area contributed by atoms with Crippen molar-refractivity contribution in [3.8, 4) is 0 Å². The van der Waals surface area contributed by atoms with Crippen LogP contribution in [0.5, 0.6) is 0 Å². The zero-order valence-electron chi connectivity index (χ0n) is 14.8. The fourth-order valence-electron chi connectivity index (χ4n) is 2.51. The van der Waals surface area contributed by atoms with Crippen LogP contribution in [0.15, 0.2) is 52.3 Å². The zero-order chi connectivity index (χ0) is 17.3. The molecule has 0 N–H and O–H groups in total. The van der Waals surface area contributed by atoms with Gasteiger partial charge in [0.2, 0.25) is 0 Å². The van der Waals surface area contributed by atoms with E-state index in [9.17, 15) is 0 Å². The van der Waals surface area contributed by atoms with Crippen LogP contribution in [0.1, 0.15) is 10.5 Å². The van der Waals surface area contributed by atoms with Crippen molar-refractivity contribution in [1.82, 2.24) is 4.90 Å². The molecule has 0 saturated carbocycles. The third-order valence-electron chi connectivity index (χ3n) is 3.46. The summed E-state index contributed by atoms with van der Waals surface area (Å²) in [5.74, 6) is 0. The fourth-order valence-corrected chi connectivity index (χ4v) is 3.75. The Kier molecular flexibility index (Phi) is 3.43. The normalized spacial score (nSPS) is 16.0. The summed E-state index contributed by atoms with van der Waals surface area (Å²) >= 11 is 7.93. The molecule has 0 atom stereocenters. The van der Waals surface area contributed by atoms with Crippen molar-refractivity contribution in [2.75, 3.05) is 32.0 Å². The summed E-state index contributed by atoms with van der Waals surface area (Å²) < 4.78 is 22.3.